The van der Waals surface area contributed by atoms with Crippen LogP contribution >= 0.6 is 0 Å². The minimum absolute atomic E-state index is 0.156. The molecular weight excluding hydrogens is 178 g/mol. The van der Waals surface area contributed by atoms with E-state index in [4.69, 9.17) is 5.73 Å². The molecule has 0 saturated heterocycles. The molecule has 0 aromatic carbocycles. The molecular formula is C10H17N3O. The molecule has 0 bridgehead atoms. The number of aliphatic hydroxyl groups is 1. The SMILES string of the molecule is Cn1ccc(CC2(O)CCC(N)C2)n1. The van der Waals surface area contributed by atoms with Gasteiger partial charge in [-0.15, -0.1) is 0 Å². The number of hydrogen-bond acceptors (Lipinski definition) is 3. The van der Waals surface area contributed by atoms with Gasteiger partial charge in [0.15, 0.2) is 0 Å². The maximum Gasteiger partial charge on any atom is 0.0719 e. The molecule has 2 rings (SSSR count). The van der Waals surface area contributed by atoms with Gasteiger partial charge in [0.25, 0.3) is 0 Å². The monoisotopic (exact) mass is 195 g/mol. The van der Waals surface area contributed by atoms with Crippen molar-refractivity contribution in [2.75, 3.05) is 0 Å². The minimum atomic E-state index is -0.617. The van der Waals surface area contributed by atoms with Crippen molar-refractivity contribution in [1.82, 2.24) is 9.78 Å². The Kier molecular flexibility index (Phi) is 2.33. The third kappa shape index (κ3) is 1.96. The van der Waals surface area contributed by atoms with E-state index in [2.05, 4.69) is 5.10 Å². The Bertz CT molecular complexity index is 323. The summed E-state index contributed by atoms with van der Waals surface area (Å²) in [6.07, 6.45) is 4.94. The summed E-state index contributed by atoms with van der Waals surface area (Å²) >= 11 is 0. The summed E-state index contributed by atoms with van der Waals surface area (Å²) in [5.74, 6) is 0. The second-order valence-corrected chi connectivity index (χ2v) is 4.38. The number of nitrogens with zero attached hydrogens (tertiary/aromatic N) is 2. The van der Waals surface area contributed by atoms with Gasteiger partial charge >= 0.3 is 0 Å². The first-order valence-corrected chi connectivity index (χ1v) is 5.04. The van der Waals surface area contributed by atoms with Crippen LogP contribution in [-0.4, -0.2) is 26.5 Å². The summed E-state index contributed by atoms with van der Waals surface area (Å²) in [5.41, 5.74) is 6.11. The Morgan fingerprint density at radius 1 is 1.79 bits per heavy atom. The van der Waals surface area contributed by atoms with Crippen LogP contribution in [0.2, 0.25) is 0 Å². The average molecular weight is 195 g/mol. The van der Waals surface area contributed by atoms with E-state index in [-0.39, 0.29) is 6.04 Å². The molecule has 0 spiro atoms. The van der Waals surface area contributed by atoms with E-state index < -0.39 is 5.60 Å². The first-order valence-electron chi connectivity index (χ1n) is 5.04. The fraction of sp³-hybridized carbons (Fsp3) is 0.700. The van der Waals surface area contributed by atoms with Gasteiger partial charge in [0.2, 0.25) is 0 Å². The van der Waals surface area contributed by atoms with Gasteiger partial charge in [0, 0.05) is 25.7 Å². The van der Waals surface area contributed by atoms with Crippen molar-refractivity contribution in [1.29, 1.82) is 0 Å². The van der Waals surface area contributed by atoms with Gasteiger partial charge in [-0.05, 0) is 25.3 Å². The molecule has 4 heteroatoms. The van der Waals surface area contributed by atoms with Crippen molar-refractivity contribution in [2.45, 2.75) is 37.3 Å². The van der Waals surface area contributed by atoms with Crippen LogP contribution in [0.3, 0.4) is 0 Å². The summed E-state index contributed by atoms with van der Waals surface area (Å²) in [6, 6.07) is 2.10. The Morgan fingerprint density at radius 2 is 2.57 bits per heavy atom. The molecule has 1 aromatic heterocycles. The van der Waals surface area contributed by atoms with Gasteiger partial charge in [-0.25, -0.2) is 0 Å². The van der Waals surface area contributed by atoms with E-state index in [1.807, 2.05) is 19.3 Å². The smallest absolute Gasteiger partial charge is 0.0719 e. The zero-order chi connectivity index (χ0) is 10.2. The van der Waals surface area contributed by atoms with Crippen LogP contribution in [0.25, 0.3) is 0 Å². The number of rotatable bonds is 2. The topological polar surface area (TPSA) is 64.1 Å². The van der Waals surface area contributed by atoms with Gasteiger partial charge in [-0.1, -0.05) is 0 Å². The maximum atomic E-state index is 10.2. The van der Waals surface area contributed by atoms with Gasteiger partial charge < -0.3 is 10.8 Å². The van der Waals surface area contributed by atoms with E-state index in [9.17, 15) is 5.11 Å². The number of hydrogen-bond donors (Lipinski definition) is 2. The highest BCUT2D eigenvalue weighted by molar-refractivity contribution is 5.06. The standard InChI is InChI=1S/C10H17N3O/c1-13-5-3-9(12-13)7-10(14)4-2-8(11)6-10/h3,5,8,14H,2,4,6-7,11H2,1H3. The molecule has 3 N–H and O–H groups in total. The van der Waals surface area contributed by atoms with Gasteiger partial charge in [-0.2, -0.15) is 5.10 Å². The lowest BCUT2D eigenvalue weighted by molar-refractivity contribution is 0.0458. The van der Waals surface area contributed by atoms with Crippen molar-refractivity contribution in [3.05, 3.63) is 18.0 Å². The summed E-state index contributed by atoms with van der Waals surface area (Å²) < 4.78 is 1.76. The normalized spacial score (nSPS) is 32.4. The first kappa shape index (κ1) is 9.68. The third-order valence-electron chi connectivity index (χ3n) is 2.90. The Labute approximate surface area is 83.7 Å². The van der Waals surface area contributed by atoms with Gasteiger partial charge in [-0.3, -0.25) is 4.68 Å². The number of aryl methyl sites for hydroxylation is 1. The highest BCUT2D eigenvalue weighted by Gasteiger charge is 2.36. The molecule has 1 saturated carbocycles. The molecule has 1 aromatic rings. The van der Waals surface area contributed by atoms with Crippen molar-refractivity contribution < 1.29 is 5.11 Å². The van der Waals surface area contributed by atoms with E-state index in [1.54, 1.807) is 4.68 Å². The highest BCUT2D eigenvalue weighted by atomic mass is 16.3. The van der Waals surface area contributed by atoms with E-state index in [0.29, 0.717) is 12.8 Å². The lowest BCUT2D eigenvalue weighted by Crippen LogP contribution is -2.30. The molecule has 0 radical (unpaired) electrons. The zero-order valence-corrected chi connectivity index (χ0v) is 8.48. The van der Waals surface area contributed by atoms with E-state index >= 15 is 0 Å². The fourth-order valence-electron chi connectivity index (χ4n) is 2.20. The molecule has 2 atom stereocenters. The average Bonchev–Trinajstić information content (AvgIpc) is 2.60. The fourth-order valence-corrected chi connectivity index (χ4v) is 2.20. The summed E-state index contributed by atoms with van der Waals surface area (Å²) in [6.45, 7) is 0. The second-order valence-electron chi connectivity index (χ2n) is 4.38. The highest BCUT2D eigenvalue weighted by Crippen LogP contribution is 2.31. The lowest BCUT2D eigenvalue weighted by Gasteiger charge is -2.20. The van der Waals surface area contributed by atoms with Crippen LogP contribution in [-0.2, 0) is 13.5 Å². The second kappa shape index (κ2) is 3.37. The van der Waals surface area contributed by atoms with Crippen LogP contribution in [0.5, 0.6) is 0 Å². The van der Waals surface area contributed by atoms with E-state index in [1.165, 1.54) is 0 Å². The van der Waals surface area contributed by atoms with Crippen molar-refractivity contribution in [3.63, 3.8) is 0 Å². The molecule has 2 unspecified atom stereocenters. The van der Waals surface area contributed by atoms with Crippen LogP contribution in [0.1, 0.15) is 25.0 Å². The van der Waals surface area contributed by atoms with Crippen LogP contribution in [0.15, 0.2) is 12.3 Å². The molecule has 14 heavy (non-hydrogen) atoms. The predicted octanol–water partition coefficient (Wildman–Crippen LogP) is 0.205. The quantitative estimate of drug-likeness (QED) is 0.708. The molecule has 1 fully saturated rings. The number of nitrogens with two attached hydrogens (primary N) is 1. The third-order valence-corrected chi connectivity index (χ3v) is 2.90. The molecule has 1 heterocycles. The van der Waals surface area contributed by atoms with Crippen LogP contribution in [0.4, 0.5) is 0 Å². The van der Waals surface area contributed by atoms with Crippen LogP contribution in [0, 0.1) is 0 Å². The van der Waals surface area contributed by atoms with E-state index in [0.717, 1.165) is 18.5 Å². The molecule has 0 aliphatic heterocycles. The predicted molar refractivity (Wildman–Crippen MR) is 53.7 cm³/mol. The summed E-state index contributed by atoms with van der Waals surface area (Å²) in [4.78, 5) is 0. The molecule has 0 amide bonds. The molecule has 1 aliphatic carbocycles. The van der Waals surface area contributed by atoms with Gasteiger partial charge in [0.05, 0.1) is 11.3 Å². The first-order chi connectivity index (χ1) is 6.57. The van der Waals surface area contributed by atoms with Gasteiger partial charge in [0.1, 0.15) is 0 Å². The summed E-state index contributed by atoms with van der Waals surface area (Å²) in [5, 5.41) is 14.5. The Hall–Kier alpha value is -0.870. The Morgan fingerprint density at radius 3 is 3.07 bits per heavy atom. The number of aromatic nitrogens is 2. The maximum absolute atomic E-state index is 10.2. The Balaban J connectivity index is 2.03. The molecule has 78 valence electrons. The summed E-state index contributed by atoms with van der Waals surface area (Å²) in [7, 11) is 1.88. The molecule has 4 nitrogen and oxygen atoms in total. The minimum Gasteiger partial charge on any atom is -0.389 e. The van der Waals surface area contributed by atoms with Crippen molar-refractivity contribution >= 4 is 0 Å². The van der Waals surface area contributed by atoms with Crippen molar-refractivity contribution in [2.24, 2.45) is 12.8 Å². The zero-order valence-electron chi connectivity index (χ0n) is 8.48. The van der Waals surface area contributed by atoms with Crippen molar-refractivity contribution in [3.8, 4) is 0 Å². The van der Waals surface area contributed by atoms with Crippen LogP contribution < -0.4 is 5.73 Å². The molecule has 1 aliphatic rings. The largest absolute Gasteiger partial charge is 0.389 e. The lowest BCUT2D eigenvalue weighted by atomic mass is 9.96.